The fourth-order valence-corrected chi connectivity index (χ4v) is 2.64. The van der Waals surface area contributed by atoms with Crippen LogP contribution >= 0.6 is 0 Å². The Bertz CT molecular complexity index is 733. The van der Waals surface area contributed by atoms with E-state index in [-0.39, 0.29) is 0 Å². The summed E-state index contributed by atoms with van der Waals surface area (Å²) in [4.78, 5) is 11.5. The van der Waals surface area contributed by atoms with Crippen LogP contribution in [-0.2, 0) is 0 Å². The second-order valence-electron chi connectivity index (χ2n) is 5.19. The fraction of sp³-hybridized carbons (Fsp3) is 0.250. The first-order valence-corrected chi connectivity index (χ1v) is 6.64. The molecule has 0 unspecified atom stereocenters. The van der Waals surface area contributed by atoms with Gasteiger partial charge in [0.05, 0.1) is 17.2 Å². The Hall–Kier alpha value is -2.54. The van der Waals surface area contributed by atoms with Crippen molar-refractivity contribution in [1.82, 2.24) is 4.57 Å². The smallest absolute Gasteiger partial charge is 0.250 e. The largest absolute Gasteiger partial charge is 0.366 e. The van der Waals surface area contributed by atoms with Crippen LogP contribution in [0.1, 0.15) is 40.5 Å². The van der Waals surface area contributed by atoms with Gasteiger partial charge in [-0.05, 0) is 43.5 Å². The van der Waals surface area contributed by atoms with Crippen molar-refractivity contribution >= 4 is 5.91 Å². The maximum Gasteiger partial charge on any atom is 0.250 e. The number of primary amides is 1. The van der Waals surface area contributed by atoms with Crippen LogP contribution in [0.4, 0.5) is 0 Å². The molecule has 1 aromatic carbocycles. The lowest BCUT2D eigenvalue weighted by molar-refractivity contribution is 0.0999. The number of carbonyl (C=O) groups is 1. The number of carbonyl (C=O) groups excluding carboxylic acids is 1. The molecule has 0 aliphatic heterocycles. The quantitative estimate of drug-likeness (QED) is 0.926. The molecule has 3 rings (SSSR count). The topological polar surface area (TPSA) is 71.8 Å². The molecule has 0 atom stereocenters. The molecule has 0 bridgehead atoms. The number of rotatable bonds is 3. The summed E-state index contributed by atoms with van der Waals surface area (Å²) < 4.78 is 2.18. The number of nitrogens with two attached hydrogens (primary N) is 1. The predicted molar refractivity (Wildman–Crippen MR) is 76.1 cm³/mol. The molecule has 1 aromatic heterocycles. The first-order valence-electron chi connectivity index (χ1n) is 6.64. The highest BCUT2D eigenvalue weighted by atomic mass is 16.1. The maximum absolute atomic E-state index is 11.5. The predicted octanol–water partition coefficient (Wildman–Crippen LogP) is 2.77. The number of nitrogens with zero attached hydrogens (tertiary/aromatic N) is 2. The highest BCUT2D eigenvalue weighted by molar-refractivity contribution is 5.95. The van der Waals surface area contributed by atoms with Crippen molar-refractivity contribution < 1.29 is 4.79 Å². The molecule has 1 heterocycles. The van der Waals surface area contributed by atoms with Crippen LogP contribution in [-0.4, -0.2) is 10.5 Å². The van der Waals surface area contributed by atoms with Gasteiger partial charge in [-0.2, -0.15) is 5.26 Å². The Morgan fingerprint density at radius 1 is 1.40 bits per heavy atom. The molecule has 2 aromatic rings. The van der Waals surface area contributed by atoms with E-state index in [0.717, 1.165) is 29.8 Å². The molecular weight excluding hydrogens is 250 g/mol. The van der Waals surface area contributed by atoms with Crippen LogP contribution in [0.15, 0.2) is 30.3 Å². The van der Waals surface area contributed by atoms with Gasteiger partial charge in [0.2, 0.25) is 0 Å². The summed E-state index contributed by atoms with van der Waals surface area (Å²) in [5, 5.41) is 9.02. The minimum Gasteiger partial charge on any atom is -0.366 e. The van der Waals surface area contributed by atoms with Crippen LogP contribution in [0.2, 0.25) is 0 Å². The molecule has 1 aliphatic rings. The van der Waals surface area contributed by atoms with E-state index in [9.17, 15) is 4.79 Å². The normalized spacial score (nSPS) is 14.0. The van der Waals surface area contributed by atoms with Gasteiger partial charge in [0.25, 0.3) is 5.91 Å². The van der Waals surface area contributed by atoms with Crippen molar-refractivity contribution in [1.29, 1.82) is 5.26 Å². The second-order valence-corrected chi connectivity index (χ2v) is 5.19. The van der Waals surface area contributed by atoms with Gasteiger partial charge in [-0.1, -0.05) is 12.1 Å². The third-order valence-corrected chi connectivity index (χ3v) is 3.76. The summed E-state index contributed by atoms with van der Waals surface area (Å²) in [5.41, 5.74) is 9.46. The van der Waals surface area contributed by atoms with Gasteiger partial charge in [-0.25, -0.2) is 0 Å². The monoisotopic (exact) mass is 265 g/mol. The van der Waals surface area contributed by atoms with E-state index in [1.54, 1.807) is 6.07 Å². The third kappa shape index (κ3) is 1.97. The maximum atomic E-state index is 11.5. The van der Waals surface area contributed by atoms with Crippen LogP contribution in [0.3, 0.4) is 0 Å². The van der Waals surface area contributed by atoms with Gasteiger partial charge in [-0.15, -0.1) is 0 Å². The fourth-order valence-electron chi connectivity index (χ4n) is 2.64. The molecule has 1 aliphatic carbocycles. The Kier molecular flexibility index (Phi) is 2.83. The van der Waals surface area contributed by atoms with E-state index in [1.807, 2.05) is 31.2 Å². The Morgan fingerprint density at radius 2 is 2.15 bits per heavy atom. The van der Waals surface area contributed by atoms with Gasteiger partial charge < -0.3 is 10.3 Å². The molecule has 1 amide bonds. The molecule has 2 N–H and O–H groups in total. The summed E-state index contributed by atoms with van der Waals surface area (Å²) in [6.45, 7) is 1.93. The molecule has 0 spiro atoms. The van der Waals surface area contributed by atoms with E-state index in [2.05, 4.69) is 10.6 Å². The summed E-state index contributed by atoms with van der Waals surface area (Å²) in [6.07, 6.45) is 2.25. The zero-order valence-electron chi connectivity index (χ0n) is 11.3. The van der Waals surface area contributed by atoms with Crippen LogP contribution in [0, 0.1) is 18.3 Å². The lowest BCUT2D eigenvalue weighted by Gasteiger charge is -2.10. The van der Waals surface area contributed by atoms with Gasteiger partial charge >= 0.3 is 0 Å². The zero-order chi connectivity index (χ0) is 14.3. The molecule has 100 valence electrons. The summed E-state index contributed by atoms with van der Waals surface area (Å²) >= 11 is 0. The SMILES string of the molecule is Cc1c(C(N)=O)cc(-c2cccc(C#N)c2)n1C1CC1. The molecule has 4 nitrogen and oxygen atoms in total. The number of hydrogen-bond acceptors (Lipinski definition) is 2. The van der Waals surface area contributed by atoms with Gasteiger partial charge in [0, 0.05) is 17.4 Å². The van der Waals surface area contributed by atoms with Crippen molar-refractivity contribution in [3.05, 3.63) is 47.2 Å². The molecule has 0 radical (unpaired) electrons. The molecule has 4 heteroatoms. The van der Waals surface area contributed by atoms with E-state index < -0.39 is 5.91 Å². The van der Waals surface area contributed by atoms with E-state index in [0.29, 0.717) is 17.2 Å². The first-order chi connectivity index (χ1) is 9.61. The van der Waals surface area contributed by atoms with Gasteiger partial charge in [0.1, 0.15) is 0 Å². The number of aromatic nitrogens is 1. The third-order valence-electron chi connectivity index (χ3n) is 3.76. The lowest BCUT2D eigenvalue weighted by atomic mass is 10.1. The minimum absolute atomic E-state index is 0.403. The first kappa shape index (κ1) is 12.5. The van der Waals surface area contributed by atoms with E-state index in [4.69, 9.17) is 11.0 Å². The second kappa shape index (κ2) is 4.53. The summed E-state index contributed by atoms with van der Waals surface area (Å²) in [5.74, 6) is -0.403. The number of hydrogen-bond donors (Lipinski definition) is 1. The highest BCUT2D eigenvalue weighted by Crippen LogP contribution is 2.41. The molecule has 1 saturated carbocycles. The summed E-state index contributed by atoms with van der Waals surface area (Å²) in [7, 11) is 0. The average Bonchev–Trinajstić information content (AvgIpc) is 3.22. The van der Waals surface area contributed by atoms with Gasteiger partial charge in [-0.3, -0.25) is 4.79 Å². The number of nitriles is 1. The van der Waals surface area contributed by atoms with Gasteiger partial charge in [0.15, 0.2) is 0 Å². The Labute approximate surface area is 117 Å². The summed E-state index contributed by atoms with van der Waals surface area (Å²) in [6, 6.07) is 11.9. The average molecular weight is 265 g/mol. The van der Waals surface area contributed by atoms with E-state index in [1.165, 1.54) is 0 Å². The van der Waals surface area contributed by atoms with E-state index >= 15 is 0 Å². The molecule has 1 fully saturated rings. The number of amides is 1. The zero-order valence-corrected chi connectivity index (χ0v) is 11.3. The molecule has 0 saturated heterocycles. The van der Waals surface area contributed by atoms with Crippen molar-refractivity contribution in [3.63, 3.8) is 0 Å². The van der Waals surface area contributed by atoms with Crippen molar-refractivity contribution in [2.75, 3.05) is 0 Å². The lowest BCUT2D eigenvalue weighted by Crippen LogP contribution is -2.12. The number of benzene rings is 1. The standard InChI is InChI=1S/C16H15N3O/c1-10-14(16(18)20)8-15(19(10)13-5-6-13)12-4-2-3-11(7-12)9-17/h2-4,7-8,13H,5-6H2,1H3,(H2,18,20). The van der Waals surface area contributed by atoms with Crippen molar-refractivity contribution in [2.24, 2.45) is 5.73 Å². The van der Waals surface area contributed by atoms with Crippen molar-refractivity contribution in [3.8, 4) is 17.3 Å². The Morgan fingerprint density at radius 3 is 2.75 bits per heavy atom. The van der Waals surface area contributed by atoms with Crippen molar-refractivity contribution in [2.45, 2.75) is 25.8 Å². The molecular formula is C16H15N3O. The highest BCUT2D eigenvalue weighted by Gasteiger charge is 2.29. The molecule has 20 heavy (non-hydrogen) atoms. The van der Waals surface area contributed by atoms with Crippen LogP contribution in [0.25, 0.3) is 11.3 Å². The van der Waals surface area contributed by atoms with Crippen LogP contribution in [0.5, 0.6) is 0 Å². The Balaban J connectivity index is 2.19. The minimum atomic E-state index is -0.403. The van der Waals surface area contributed by atoms with Crippen LogP contribution < -0.4 is 5.73 Å².